The third-order valence-corrected chi connectivity index (χ3v) is 5.42. The van der Waals surface area contributed by atoms with Gasteiger partial charge in [0.05, 0.1) is 22.4 Å². The first-order valence-electron chi connectivity index (χ1n) is 9.63. The van der Waals surface area contributed by atoms with Gasteiger partial charge in [-0.3, -0.25) is 0 Å². The molecule has 4 nitrogen and oxygen atoms in total. The van der Waals surface area contributed by atoms with Gasteiger partial charge in [-0.15, -0.1) is 0 Å². The van der Waals surface area contributed by atoms with Crippen molar-refractivity contribution in [2.24, 2.45) is 0 Å². The lowest BCUT2D eigenvalue weighted by Crippen LogP contribution is -2.49. The van der Waals surface area contributed by atoms with Gasteiger partial charge >= 0.3 is 0 Å². The van der Waals surface area contributed by atoms with E-state index in [2.05, 4.69) is 0 Å². The van der Waals surface area contributed by atoms with E-state index in [-0.39, 0.29) is 0 Å². The van der Waals surface area contributed by atoms with Crippen LogP contribution in [0.15, 0.2) is 60.7 Å². The van der Waals surface area contributed by atoms with Crippen molar-refractivity contribution in [2.75, 3.05) is 0 Å². The molecule has 0 aliphatic carbocycles. The molecule has 0 saturated carbocycles. The monoisotopic (exact) mass is 388 g/mol. The standard InChI is InChI=1S/2C12H18O2/c2*1-11(2,13)12(3,14)9-10-7-5-4-6-8-10/h2*4-8,13-14H,9H2,1-3H3. The Bertz CT molecular complexity index is 629. The third kappa shape index (κ3) is 7.36. The van der Waals surface area contributed by atoms with Crippen LogP contribution in [0.2, 0.25) is 0 Å². The fraction of sp³-hybridized carbons (Fsp3) is 0.500. The highest BCUT2D eigenvalue weighted by Gasteiger charge is 2.38. The van der Waals surface area contributed by atoms with E-state index >= 15 is 0 Å². The van der Waals surface area contributed by atoms with Gasteiger partial charge in [-0.05, 0) is 52.7 Å². The molecule has 2 atom stereocenters. The first-order chi connectivity index (χ1) is 12.7. The summed E-state index contributed by atoms with van der Waals surface area (Å²) in [6.45, 7) is 9.79. The maximum Gasteiger partial charge on any atom is 0.0940 e. The first-order valence-corrected chi connectivity index (χ1v) is 9.63. The van der Waals surface area contributed by atoms with Crippen LogP contribution in [0.25, 0.3) is 0 Å². The summed E-state index contributed by atoms with van der Waals surface area (Å²) in [6.07, 6.45) is 0.911. The van der Waals surface area contributed by atoms with Crippen molar-refractivity contribution in [3.8, 4) is 0 Å². The zero-order chi connectivity index (χ0) is 21.6. The van der Waals surface area contributed by atoms with Crippen molar-refractivity contribution in [3.05, 3.63) is 71.8 Å². The summed E-state index contributed by atoms with van der Waals surface area (Å²) in [5, 5.41) is 39.6. The van der Waals surface area contributed by atoms with Crippen LogP contribution < -0.4 is 0 Å². The van der Waals surface area contributed by atoms with Gasteiger partial charge in [0.2, 0.25) is 0 Å². The smallest absolute Gasteiger partial charge is 0.0940 e. The van der Waals surface area contributed by atoms with Crippen LogP contribution in [0, 0.1) is 0 Å². The highest BCUT2D eigenvalue weighted by atomic mass is 16.4. The second kappa shape index (κ2) is 9.19. The zero-order valence-electron chi connectivity index (χ0n) is 18.0. The highest BCUT2D eigenvalue weighted by Crippen LogP contribution is 2.26. The predicted molar refractivity (Wildman–Crippen MR) is 114 cm³/mol. The zero-order valence-corrected chi connectivity index (χ0v) is 18.0. The molecule has 156 valence electrons. The predicted octanol–water partition coefficient (Wildman–Crippen LogP) is 3.50. The van der Waals surface area contributed by atoms with Crippen LogP contribution in [0.1, 0.15) is 52.7 Å². The molecule has 2 unspecified atom stereocenters. The molecule has 0 radical (unpaired) electrons. The van der Waals surface area contributed by atoms with Gasteiger partial charge in [-0.1, -0.05) is 60.7 Å². The van der Waals surface area contributed by atoms with Crippen molar-refractivity contribution < 1.29 is 20.4 Å². The van der Waals surface area contributed by atoms with Crippen LogP contribution in [0.3, 0.4) is 0 Å². The Morgan fingerprint density at radius 3 is 0.964 bits per heavy atom. The summed E-state index contributed by atoms with van der Waals surface area (Å²) in [4.78, 5) is 0. The van der Waals surface area contributed by atoms with E-state index in [0.29, 0.717) is 12.8 Å². The maximum absolute atomic E-state index is 10.1. The Kier molecular flexibility index (Phi) is 7.98. The van der Waals surface area contributed by atoms with Crippen molar-refractivity contribution >= 4 is 0 Å². The average Bonchev–Trinajstić information content (AvgIpc) is 2.54. The fourth-order valence-corrected chi connectivity index (χ4v) is 2.42. The van der Waals surface area contributed by atoms with E-state index in [9.17, 15) is 20.4 Å². The Morgan fingerprint density at radius 2 is 0.750 bits per heavy atom. The molecule has 0 amide bonds. The molecule has 0 aliphatic rings. The van der Waals surface area contributed by atoms with Gasteiger partial charge in [0, 0.05) is 12.8 Å². The SMILES string of the molecule is CC(C)(O)C(C)(O)Cc1ccccc1.CC(C)(O)C(C)(O)Cc1ccccc1. The molecule has 4 N–H and O–H groups in total. The fourth-order valence-electron chi connectivity index (χ4n) is 2.42. The molecular formula is C24H36O4. The largest absolute Gasteiger partial charge is 0.387 e. The summed E-state index contributed by atoms with van der Waals surface area (Å²) < 4.78 is 0. The molecular weight excluding hydrogens is 352 g/mol. The lowest BCUT2D eigenvalue weighted by molar-refractivity contribution is -0.118. The minimum atomic E-state index is -1.10. The third-order valence-electron chi connectivity index (χ3n) is 5.42. The van der Waals surface area contributed by atoms with Gasteiger partial charge in [0.25, 0.3) is 0 Å². The van der Waals surface area contributed by atoms with Gasteiger partial charge in [0.1, 0.15) is 0 Å². The molecule has 2 rings (SSSR count). The molecule has 0 saturated heterocycles. The van der Waals surface area contributed by atoms with Crippen LogP contribution >= 0.6 is 0 Å². The molecule has 0 heterocycles. The Labute approximate surface area is 169 Å². The molecule has 0 bridgehead atoms. The Hall–Kier alpha value is -1.72. The maximum atomic E-state index is 10.1. The summed E-state index contributed by atoms with van der Waals surface area (Å²) in [6, 6.07) is 19.3. The van der Waals surface area contributed by atoms with Crippen molar-refractivity contribution in [3.63, 3.8) is 0 Å². The number of aliphatic hydroxyl groups is 4. The van der Waals surface area contributed by atoms with Crippen LogP contribution in [-0.4, -0.2) is 42.8 Å². The Balaban J connectivity index is 0.000000280. The van der Waals surface area contributed by atoms with Crippen LogP contribution in [-0.2, 0) is 12.8 Å². The van der Waals surface area contributed by atoms with Gasteiger partial charge in [-0.25, -0.2) is 0 Å². The van der Waals surface area contributed by atoms with E-state index in [1.54, 1.807) is 41.5 Å². The number of benzene rings is 2. The molecule has 0 aromatic heterocycles. The second-order valence-corrected chi connectivity index (χ2v) is 8.99. The van der Waals surface area contributed by atoms with E-state index < -0.39 is 22.4 Å². The normalized spacial score (nSPS) is 16.4. The first kappa shape index (κ1) is 24.3. The second-order valence-electron chi connectivity index (χ2n) is 8.99. The lowest BCUT2D eigenvalue weighted by Gasteiger charge is -2.35. The lowest BCUT2D eigenvalue weighted by atomic mass is 9.82. The molecule has 2 aromatic carbocycles. The van der Waals surface area contributed by atoms with Crippen LogP contribution in [0.4, 0.5) is 0 Å². The van der Waals surface area contributed by atoms with Crippen molar-refractivity contribution in [2.45, 2.75) is 76.8 Å². The highest BCUT2D eigenvalue weighted by molar-refractivity contribution is 5.19. The van der Waals surface area contributed by atoms with E-state index in [1.165, 1.54) is 0 Å². The number of rotatable bonds is 6. The summed E-state index contributed by atoms with van der Waals surface area (Å²) >= 11 is 0. The number of hydrogen-bond donors (Lipinski definition) is 4. The van der Waals surface area contributed by atoms with Gasteiger partial charge < -0.3 is 20.4 Å². The molecule has 0 fully saturated rings. The van der Waals surface area contributed by atoms with Gasteiger partial charge in [-0.2, -0.15) is 0 Å². The molecule has 0 aliphatic heterocycles. The van der Waals surface area contributed by atoms with E-state index in [1.807, 2.05) is 60.7 Å². The summed E-state index contributed by atoms with van der Waals surface area (Å²) in [5.74, 6) is 0. The average molecular weight is 389 g/mol. The molecule has 2 aromatic rings. The summed E-state index contributed by atoms with van der Waals surface area (Å²) in [7, 11) is 0. The topological polar surface area (TPSA) is 80.9 Å². The minimum Gasteiger partial charge on any atom is -0.387 e. The van der Waals surface area contributed by atoms with E-state index in [0.717, 1.165) is 11.1 Å². The van der Waals surface area contributed by atoms with Gasteiger partial charge in [0.15, 0.2) is 0 Å². The molecule has 4 heteroatoms. The minimum absolute atomic E-state index is 0.456. The number of hydrogen-bond acceptors (Lipinski definition) is 4. The van der Waals surface area contributed by atoms with Crippen molar-refractivity contribution in [1.29, 1.82) is 0 Å². The van der Waals surface area contributed by atoms with Crippen molar-refractivity contribution in [1.82, 2.24) is 0 Å². The van der Waals surface area contributed by atoms with E-state index in [4.69, 9.17) is 0 Å². The summed E-state index contributed by atoms with van der Waals surface area (Å²) in [5.41, 5.74) is -2.34. The van der Waals surface area contributed by atoms with Crippen LogP contribution in [0.5, 0.6) is 0 Å². The molecule has 0 spiro atoms. The Morgan fingerprint density at radius 1 is 0.500 bits per heavy atom. The molecule has 28 heavy (non-hydrogen) atoms. The quantitative estimate of drug-likeness (QED) is 0.611.